The molecule has 0 saturated carbocycles. The van der Waals surface area contributed by atoms with E-state index in [0.29, 0.717) is 25.3 Å². The quantitative estimate of drug-likeness (QED) is 0.839. The van der Waals surface area contributed by atoms with Crippen molar-refractivity contribution in [3.8, 4) is 0 Å². The van der Waals surface area contributed by atoms with E-state index in [9.17, 15) is 9.59 Å². The number of hydrogen-bond acceptors (Lipinski definition) is 3. The number of nitrogens with zero attached hydrogens (tertiary/aromatic N) is 3. The van der Waals surface area contributed by atoms with Crippen LogP contribution in [0.2, 0.25) is 0 Å². The van der Waals surface area contributed by atoms with Gasteiger partial charge in [-0.25, -0.2) is 0 Å². The summed E-state index contributed by atoms with van der Waals surface area (Å²) in [5.74, 6) is 0.634. The first kappa shape index (κ1) is 17.7. The van der Waals surface area contributed by atoms with Crippen molar-refractivity contribution in [1.29, 1.82) is 0 Å². The van der Waals surface area contributed by atoms with E-state index in [-0.39, 0.29) is 17.9 Å². The minimum atomic E-state index is 0.0790. The van der Waals surface area contributed by atoms with Crippen LogP contribution in [0.1, 0.15) is 35.3 Å². The molecular weight excluding hydrogens is 338 g/mol. The molecule has 2 atom stereocenters. The summed E-state index contributed by atoms with van der Waals surface area (Å²) in [7, 11) is 0. The lowest BCUT2D eigenvalue weighted by molar-refractivity contribution is -0.135. The molecule has 27 heavy (non-hydrogen) atoms. The minimum Gasteiger partial charge on any atom is -0.338 e. The van der Waals surface area contributed by atoms with Crippen LogP contribution in [-0.4, -0.2) is 52.3 Å². The number of aryl methyl sites for hydroxylation is 1. The SMILES string of the molecule is O=C(c1ccccc1)N1C[C@H]2CC[C@@H](C1)N(C(=O)CCc1ccccn1)C2. The third kappa shape index (κ3) is 4.02. The second-order valence-corrected chi connectivity index (χ2v) is 7.54. The molecule has 0 unspecified atom stereocenters. The van der Waals surface area contributed by atoms with E-state index in [0.717, 1.165) is 37.2 Å². The summed E-state index contributed by atoms with van der Waals surface area (Å²) in [5, 5.41) is 0. The molecule has 140 valence electrons. The fourth-order valence-electron chi connectivity index (χ4n) is 4.24. The Bertz CT molecular complexity index is 794. The average Bonchev–Trinajstić information content (AvgIpc) is 3.05. The van der Waals surface area contributed by atoms with Crippen molar-refractivity contribution in [2.24, 2.45) is 5.92 Å². The van der Waals surface area contributed by atoms with Gasteiger partial charge in [-0.15, -0.1) is 0 Å². The number of rotatable bonds is 4. The number of fused-ring (bicyclic) bond motifs is 4. The highest BCUT2D eigenvalue weighted by atomic mass is 16.2. The van der Waals surface area contributed by atoms with Gasteiger partial charge in [0.2, 0.25) is 5.91 Å². The van der Waals surface area contributed by atoms with Gasteiger partial charge >= 0.3 is 0 Å². The van der Waals surface area contributed by atoms with E-state index in [1.165, 1.54) is 0 Å². The predicted octanol–water partition coefficient (Wildman–Crippen LogP) is 2.78. The summed E-state index contributed by atoms with van der Waals surface area (Å²) in [6.07, 6.45) is 4.99. The molecule has 3 fully saturated rings. The number of amides is 2. The van der Waals surface area contributed by atoms with Crippen molar-refractivity contribution >= 4 is 11.8 Å². The first-order valence-electron chi connectivity index (χ1n) is 9.74. The van der Waals surface area contributed by atoms with Gasteiger partial charge < -0.3 is 9.80 Å². The van der Waals surface area contributed by atoms with Gasteiger partial charge in [-0.1, -0.05) is 24.3 Å². The van der Waals surface area contributed by atoms with E-state index < -0.39 is 0 Å². The maximum atomic E-state index is 12.9. The topological polar surface area (TPSA) is 53.5 Å². The molecule has 2 amide bonds. The zero-order valence-corrected chi connectivity index (χ0v) is 15.5. The molecule has 2 bridgehead atoms. The van der Waals surface area contributed by atoms with Crippen LogP contribution >= 0.6 is 0 Å². The van der Waals surface area contributed by atoms with Crippen molar-refractivity contribution in [2.75, 3.05) is 19.6 Å². The molecule has 2 aromatic rings. The molecular formula is C22H25N3O2. The Morgan fingerprint density at radius 3 is 2.56 bits per heavy atom. The van der Waals surface area contributed by atoms with Crippen LogP contribution in [0.15, 0.2) is 54.7 Å². The van der Waals surface area contributed by atoms with Gasteiger partial charge in [0, 0.05) is 49.6 Å². The number of carbonyl (C=O) groups excluding carboxylic acids is 2. The molecule has 5 heteroatoms. The van der Waals surface area contributed by atoms with Crippen LogP contribution in [-0.2, 0) is 11.2 Å². The fourth-order valence-corrected chi connectivity index (χ4v) is 4.24. The molecule has 0 spiro atoms. The van der Waals surface area contributed by atoms with Crippen molar-refractivity contribution in [3.05, 3.63) is 66.0 Å². The van der Waals surface area contributed by atoms with Gasteiger partial charge in [-0.2, -0.15) is 0 Å². The molecule has 0 radical (unpaired) electrons. The Kier molecular flexibility index (Phi) is 5.19. The average molecular weight is 363 g/mol. The molecule has 3 aliphatic heterocycles. The monoisotopic (exact) mass is 363 g/mol. The van der Waals surface area contributed by atoms with E-state index in [4.69, 9.17) is 0 Å². The lowest BCUT2D eigenvalue weighted by Crippen LogP contribution is -2.47. The molecule has 5 nitrogen and oxygen atoms in total. The lowest BCUT2D eigenvalue weighted by atomic mass is 9.94. The highest BCUT2D eigenvalue weighted by Gasteiger charge is 2.38. The molecule has 3 aliphatic rings. The number of piperidine rings is 1. The van der Waals surface area contributed by atoms with E-state index in [1.54, 1.807) is 6.20 Å². The largest absolute Gasteiger partial charge is 0.338 e. The Morgan fingerprint density at radius 2 is 1.78 bits per heavy atom. The number of pyridine rings is 1. The van der Waals surface area contributed by atoms with E-state index in [1.807, 2.05) is 58.3 Å². The summed E-state index contributed by atoms with van der Waals surface area (Å²) < 4.78 is 0. The van der Waals surface area contributed by atoms with Crippen LogP contribution in [0.5, 0.6) is 0 Å². The molecule has 1 aromatic carbocycles. The molecule has 3 saturated heterocycles. The van der Waals surface area contributed by atoms with Gasteiger partial charge in [0.1, 0.15) is 0 Å². The van der Waals surface area contributed by atoms with Gasteiger partial charge in [0.15, 0.2) is 0 Å². The van der Waals surface area contributed by atoms with Gasteiger partial charge in [-0.3, -0.25) is 14.6 Å². The maximum absolute atomic E-state index is 12.9. The summed E-state index contributed by atoms with van der Waals surface area (Å²) in [6.45, 7) is 2.15. The number of carbonyl (C=O) groups is 2. The number of aromatic nitrogens is 1. The third-order valence-electron chi connectivity index (χ3n) is 5.66. The normalized spacial score (nSPS) is 21.8. The maximum Gasteiger partial charge on any atom is 0.253 e. The van der Waals surface area contributed by atoms with E-state index >= 15 is 0 Å². The highest BCUT2D eigenvalue weighted by Crippen LogP contribution is 2.29. The predicted molar refractivity (Wildman–Crippen MR) is 103 cm³/mol. The van der Waals surface area contributed by atoms with Crippen molar-refractivity contribution in [3.63, 3.8) is 0 Å². The lowest BCUT2D eigenvalue weighted by Gasteiger charge is -2.36. The summed E-state index contributed by atoms with van der Waals surface area (Å²) in [5.41, 5.74) is 1.68. The zero-order valence-electron chi connectivity index (χ0n) is 15.5. The summed E-state index contributed by atoms with van der Waals surface area (Å²) >= 11 is 0. The molecule has 0 N–H and O–H groups in total. The molecule has 4 heterocycles. The standard InChI is InChI=1S/C22H25N3O2/c26-21(12-10-19-8-4-5-13-23-19)25-15-17-9-11-20(25)16-24(14-17)22(27)18-6-2-1-3-7-18/h1-8,13,17,20H,9-12,14-16H2/t17-,20+/m1/s1. The van der Waals surface area contributed by atoms with Crippen LogP contribution in [0.4, 0.5) is 0 Å². The van der Waals surface area contributed by atoms with Crippen LogP contribution < -0.4 is 0 Å². The van der Waals surface area contributed by atoms with Crippen LogP contribution in [0.25, 0.3) is 0 Å². The smallest absolute Gasteiger partial charge is 0.253 e. The zero-order chi connectivity index (χ0) is 18.6. The first-order chi connectivity index (χ1) is 13.2. The summed E-state index contributed by atoms with van der Waals surface area (Å²) in [4.78, 5) is 34.0. The van der Waals surface area contributed by atoms with E-state index in [2.05, 4.69) is 4.98 Å². The number of hydrogen-bond donors (Lipinski definition) is 0. The summed E-state index contributed by atoms with van der Waals surface area (Å²) in [6, 6.07) is 15.4. The Morgan fingerprint density at radius 1 is 0.963 bits per heavy atom. The Balaban J connectivity index is 1.42. The highest BCUT2D eigenvalue weighted by molar-refractivity contribution is 5.94. The fraction of sp³-hybridized carbons (Fsp3) is 0.409. The Hall–Kier alpha value is -2.69. The Labute approximate surface area is 160 Å². The minimum absolute atomic E-state index is 0.0790. The molecule has 0 aliphatic carbocycles. The first-order valence-corrected chi connectivity index (χ1v) is 9.74. The molecule has 1 aromatic heterocycles. The van der Waals surface area contributed by atoms with Gasteiger partial charge in [0.25, 0.3) is 5.91 Å². The van der Waals surface area contributed by atoms with Crippen molar-refractivity contribution < 1.29 is 9.59 Å². The number of benzene rings is 1. The third-order valence-corrected chi connectivity index (χ3v) is 5.66. The van der Waals surface area contributed by atoms with Gasteiger partial charge in [0.05, 0.1) is 0 Å². The second-order valence-electron chi connectivity index (χ2n) is 7.54. The second kappa shape index (κ2) is 7.91. The van der Waals surface area contributed by atoms with Crippen molar-refractivity contribution in [2.45, 2.75) is 31.7 Å². The van der Waals surface area contributed by atoms with Crippen LogP contribution in [0, 0.1) is 5.92 Å². The van der Waals surface area contributed by atoms with Crippen LogP contribution in [0.3, 0.4) is 0 Å². The molecule has 5 rings (SSSR count). The van der Waals surface area contributed by atoms with Crippen molar-refractivity contribution in [1.82, 2.24) is 14.8 Å². The van der Waals surface area contributed by atoms with Gasteiger partial charge in [-0.05, 0) is 49.4 Å².